The van der Waals surface area contributed by atoms with Crippen LogP contribution in [0.4, 0.5) is 18.9 Å². The highest BCUT2D eigenvalue weighted by molar-refractivity contribution is 6.30. The van der Waals surface area contributed by atoms with Crippen molar-refractivity contribution >= 4 is 23.2 Å². The van der Waals surface area contributed by atoms with E-state index in [1.165, 1.54) is 6.20 Å². The van der Waals surface area contributed by atoms with Crippen LogP contribution in [0.1, 0.15) is 10.4 Å². The van der Waals surface area contributed by atoms with Crippen molar-refractivity contribution < 1.29 is 18.0 Å². The number of hydrogen-bond acceptors (Lipinski definition) is 2. The second-order valence-corrected chi connectivity index (χ2v) is 4.17. The van der Waals surface area contributed by atoms with Crippen LogP contribution >= 0.6 is 11.6 Å². The van der Waals surface area contributed by atoms with Crippen LogP contribution in [0, 0.1) is 17.5 Å². The van der Waals surface area contributed by atoms with Gasteiger partial charge in [-0.1, -0.05) is 11.6 Å². The van der Waals surface area contributed by atoms with Gasteiger partial charge in [-0.2, -0.15) is 0 Å². The van der Waals surface area contributed by atoms with Crippen molar-refractivity contribution in [2.75, 3.05) is 5.32 Å². The monoisotopic (exact) mass is 302 g/mol. The molecule has 1 aromatic heterocycles. The molecule has 2 rings (SSSR count). The number of nitrogens with one attached hydrogen (secondary N) is 2. The lowest BCUT2D eigenvalue weighted by Crippen LogP contribution is -2.23. The normalized spacial score (nSPS) is 10.4. The number of amides is 1. The summed E-state index contributed by atoms with van der Waals surface area (Å²) >= 11 is 5.61. The van der Waals surface area contributed by atoms with Gasteiger partial charge in [-0.15, -0.1) is 0 Å². The molecule has 2 aromatic rings. The van der Waals surface area contributed by atoms with E-state index in [4.69, 9.17) is 11.6 Å². The predicted molar refractivity (Wildman–Crippen MR) is 66.3 cm³/mol. The zero-order valence-corrected chi connectivity index (χ0v) is 10.4. The maximum Gasteiger partial charge on any atom is 0.261 e. The lowest BCUT2D eigenvalue weighted by molar-refractivity contribution is 0.102. The smallest absolute Gasteiger partial charge is 0.261 e. The molecule has 0 unspecified atom stereocenters. The number of aromatic amines is 1. The van der Waals surface area contributed by atoms with E-state index < -0.39 is 34.6 Å². The van der Waals surface area contributed by atoms with Gasteiger partial charge >= 0.3 is 0 Å². The first-order valence-electron chi connectivity index (χ1n) is 5.23. The van der Waals surface area contributed by atoms with Crippen LogP contribution in [0.5, 0.6) is 0 Å². The summed E-state index contributed by atoms with van der Waals surface area (Å²) in [5.74, 6) is -5.67. The molecule has 0 aliphatic carbocycles. The number of carbonyl (C=O) groups is 1. The van der Waals surface area contributed by atoms with Gasteiger partial charge in [0.25, 0.3) is 11.5 Å². The molecule has 1 amide bonds. The molecule has 1 heterocycles. The quantitative estimate of drug-likeness (QED) is 0.838. The van der Waals surface area contributed by atoms with E-state index >= 15 is 0 Å². The number of aromatic nitrogens is 1. The molecule has 8 heteroatoms. The fourth-order valence-electron chi connectivity index (χ4n) is 1.44. The summed E-state index contributed by atoms with van der Waals surface area (Å²) in [6.07, 6.45) is 1.17. The Morgan fingerprint density at radius 1 is 1.20 bits per heavy atom. The molecule has 0 spiro atoms. The maximum absolute atomic E-state index is 13.4. The number of hydrogen-bond donors (Lipinski definition) is 2. The van der Waals surface area contributed by atoms with Crippen LogP contribution in [0.25, 0.3) is 0 Å². The Bertz CT molecular complexity index is 746. The number of halogens is 4. The van der Waals surface area contributed by atoms with Crippen molar-refractivity contribution in [1.29, 1.82) is 0 Å². The first-order valence-corrected chi connectivity index (χ1v) is 5.61. The average molecular weight is 303 g/mol. The Hall–Kier alpha value is -2.28. The van der Waals surface area contributed by atoms with Gasteiger partial charge in [0.1, 0.15) is 5.56 Å². The van der Waals surface area contributed by atoms with Gasteiger partial charge in [0.05, 0.1) is 10.7 Å². The fraction of sp³-hybridized carbons (Fsp3) is 0. The van der Waals surface area contributed by atoms with E-state index in [1.807, 2.05) is 5.32 Å². The summed E-state index contributed by atoms with van der Waals surface area (Å²) in [7, 11) is 0. The highest BCUT2D eigenvalue weighted by atomic mass is 35.5. The fourth-order valence-corrected chi connectivity index (χ4v) is 1.60. The minimum atomic E-state index is -1.72. The Morgan fingerprint density at radius 3 is 2.60 bits per heavy atom. The second-order valence-electron chi connectivity index (χ2n) is 3.74. The van der Waals surface area contributed by atoms with Gasteiger partial charge in [0.15, 0.2) is 17.5 Å². The lowest BCUT2D eigenvalue weighted by Gasteiger charge is -2.07. The van der Waals surface area contributed by atoms with E-state index in [0.717, 1.165) is 12.1 Å². The number of anilines is 1. The molecule has 2 N–H and O–H groups in total. The summed E-state index contributed by atoms with van der Waals surface area (Å²) in [5, 5.41) is 2.05. The predicted octanol–water partition coefficient (Wildman–Crippen LogP) is 2.70. The van der Waals surface area contributed by atoms with Crippen molar-refractivity contribution in [3.05, 3.63) is 62.8 Å². The summed E-state index contributed by atoms with van der Waals surface area (Å²) in [5.41, 5.74) is -1.73. The summed E-state index contributed by atoms with van der Waals surface area (Å²) in [6.45, 7) is 0. The van der Waals surface area contributed by atoms with Crippen molar-refractivity contribution in [1.82, 2.24) is 4.98 Å². The molecule has 0 fully saturated rings. The summed E-state index contributed by atoms with van der Waals surface area (Å²) in [4.78, 5) is 25.4. The average Bonchev–Trinajstić information content (AvgIpc) is 2.42. The summed E-state index contributed by atoms with van der Waals surface area (Å²) in [6, 6.07) is 2.55. The molecule has 104 valence electrons. The van der Waals surface area contributed by atoms with Gasteiger partial charge in [-0.3, -0.25) is 9.59 Å². The number of H-pyrrole nitrogens is 1. The van der Waals surface area contributed by atoms with Crippen LogP contribution in [0.2, 0.25) is 5.02 Å². The van der Waals surface area contributed by atoms with E-state index in [1.54, 1.807) is 0 Å². The minimum Gasteiger partial charge on any atom is -0.327 e. The van der Waals surface area contributed by atoms with Crippen molar-refractivity contribution in [2.24, 2.45) is 0 Å². The van der Waals surface area contributed by atoms with Crippen molar-refractivity contribution in [3.63, 3.8) is 0 Å². The molecule has 0 aliphatic rings. The highest BCUT2D eigenvalue weighted by Crippen LogP contribution is 2.20. The van der Waals surface area contributed by atoms with E-state index in [2.05, 4.69) is 4.98 Å². The molecule has 0 radical (unpaired) electrons. The van der Waals surface area contributed by atoms with Crippen LogP contribution in [0.15, 0.2) is 29.2 Å². The van der Waals surface area contributed by atoms with E-state index in [0.29, 0.717) is 6.07 Å². The third-order valence-electron chi connectivity index (χ3n) is 2.40. The van der Waals surface area contributed by atoms with Crippen molar-refractivity contribution in [2.45, 2.75) is 0 Å². The third kappa shape index (κ3) is 2.67. The van der Waals surface area contributed by atoms with Crippen molar-refractivity contribution in [3.8, 4) is 0 Å². The topological polar surface area (TPSA) is 62.0 Å². The standard InChI is InChI=1S/C12H6ClF3N2O2/c13-5-3-6(11(19)17-4-5)12(20)18-8-2-1-7(14)9(15)10(8)16/h1-4H,(H,17,19)(H,18,20). The molecule has 20 heavy (non-hydrogen) atoms. The van der Waals surface area contributed by atoms with Gasteiger partial charge < -0.3 is 10.3 Å². The SMILES string of the molecule is O=C(Nc1ccc(F)c(F)c1F)c1cc(Cl)c[nH]c1=O. The van der Waals surface area contributed by atoms with Crippen LogP contribution in [0.3, 0.4) is 0 Å². The number of pyridine rings is 1. The van der Waals surface area contributed by atoms with Gasteiger partial charge in [0, 0.05) is 6.20 Å². The minimum absolute atomic E-state index is 0.0838. The number of benzene rings is 1. The highest BCUT2D eigenvalue weighted by Gasteiger charge is 2.17. The van der Waals surface area contributed by atoms with E-state index in [-0.39, 0.29) is 10.6 Å². The van der Waals surface area contributed by atoms with Crippen LogP contribution in [-0.2, 0) is 0 Å². The Labute approximate surface area is 115 Å². The van der Waals surface area contributed by atoms with Gasteiger partial charge in [0.2, 0.25) is 0 Å². The first kappa shape index (κ1) is 14.1. The molecule has 0 bridgehead atoms. The van der Waals surface area contributed by atoms with Gasteiger partial charge in [-0.05, 0) is 18.2 Å². The van der Waals surface area contributed by atoms with Crippen LogP contribution < -0.4 is 10.9 Å². The second kappa shape index (κ2) is 5.38. The largest absolute Gasteiger partial charge is 0.327 e. The van der Waals surface area contributed by atoms with Crippen LogP contribution in [-0.4, -0.2) is 10.9 Å². The van der Waals surface area contributed by atoms with Gasteiger partial charge in [-0.25, -0.2) is 13.2 Å². The zero-order valence-electron chi connectivity index (χ0n) is 9.64. The molecule has 0 saturated heterocycles. The Balaban J connectivity index is 2.35. The molecule has 0 saturated carbocycles. The molecular formula is C12H6ClF3N2O2. The number of carbonyl (C=O) groups excluding carboxylic acids is 1. The van der Waals surface area contributed by atoms with E-state index in [9.17, 15) is 22.8 Å². The molecular weight excluding hydrogens is 297 g/mol. The Kier molecular flexibility index (Phi) is 3.80. The zero-order chi connectivity index (χ0) is 14.9. The maximum atomic E-state index is 13.4. The third-order valence-corrected chi connectivity index (χ3v) is 2.61. The molecule has 0 aliphatic heterocycles. The molecule has 0 atom stereocenters. The molecule has 4 nitrogen and oxygen atoms in total. The summed E-state index contributed by atoms with van der Waals surface area (Å²) < 4.78 is 39.1. The Morgan fingerprint density at radius 2 is 1.90 bits per heavy atom. The number of rotatable bonds is 2. The lowest BCUT2D eigenvalue weighted by atomic mass is 10.2. The first-order chi connectivity index (χ1) is 9.40. The molecule has 1 aromatic carbocycles.